The van der Waals surface area contributed by atoms with E-state index in [1.165, 1.54) is 6.20 Å². The summed E-state index contributed by atoms with van der Waals surface area (Å²) in [5.74, 6) is -0.00687. The third kappa shape index (κ3) is 3.96. The molecule has 6 heteroatoms. The Balaban J connectivity index is 1.52. The number of para-hydroxylation sites is 1. The first-order chi connectivity index (χ1) is 11.2. The van der Waals surface area contributed by atoms with Gasteiger partial charge in [-0.1, -0.05) is 12.1 Å². The number of carbonyl (C=O) groups excluding carboxylic acids is 1. The van der Waals surface area contributed by atoms with E-state index in [1.54, 1.807) is 10.7 Å². The van der Waals surface area contributed by atoms with E-state index >= 15 is 0 Å². The van der Waals surface area contributed by atoms with Crippen LogP contribution in [0.2, 0.25) is 0 Å². The van der Waals surface area contributed by atoms with Gasteiger partial charge in [-0.2, -0.15) is 5.10 Å². The van der Waals surface area contributed by atoms with Crippen LogP contribution >= 0.6 is 0 Å². The summed E-state index contributed by atoms with van der Waals surface area (Å²) < 4.78 is 7.23. The average molecular weight is 315 g/mol. The molecule has 1 amide bonds. The fourth-order valence-electron chi connectivity index (χ4n) is 2.88. The third-order valence-corrected chi connectivity index (χ3v) is 4.13. The van der Waals surface area contributed by atoms with Gasteiger partial charge >= 0.3 is 0 Å². The Bertz CT molecular complexity index is 735. The van der Waals surface area contributed by atoms with Gasteiger partial charge in [0.15, 0.2) is 0 Å². The van der Waals surface area contributed by atoms with E-state index in [2.05, 4.69) is 10.4 Å². The highest BCUT2D eigenvalue weighted by atomic mass is 16.5. The van der Waals surface area contributed by atoms with Gasteiger partial charge in [0.05, 0.1) is 24.4 Å². The molecule has 0 radical (unpaired) electrons. The predicted molar refractivity (Wildman–Crippen MR) is 87.2 cm³/mol. The molecule has 23 heavy (non-hydrogen) atoms. The van der Waals surface area contributed by atoms with Crippen LogP contribution in [0.15, 0.2) is 35.3 Å². The van der Waals surface area contributed by atoms with Crippen molar-refractivity contribution in [1.29, 1.82) is 0 Å². The Morgan fingerprint density at radius 1 is 1.39 bits per heavy atom. The summed E-state index contributed by atoms with van der Waals surface area (Å²) in [6.07, 6.45) is 5.00. The number of aryl methyl sites for hydroxylation is 1. The van der Waals surface area contributed by atoms with Crippen LogP contribution in [0.4, 0.5) is 0 Å². The molecule has 1 aliphatic heterocycles. The zero-order valence-corrected chi connectivity index (χ0v) is 13.0. The van der Waals surface area contributed by atoms with E-state index in [1.807, 2.05) is 18.2 Å². The molecule has 122 valence electrons. The summed E-state index contributed by atoms with van der Waals surface area (Å²) >= 11 is 0. The predicted octanol–water partition coefficient (Wildman–Crippen LogP) is 1.47. The van der Waals surface area contributed by atoms with Crippen molar-refractivity contribution in [3.8, 4) is 0 Å². The van der Waals surface area contributed by atoms with E-state index in [-0.39, 0.29) is 11.3 Å². The smallest absolute Gasteiger partial charge is 0.221 e. The number of nitrogens with one attached hydrogen (secondary N) is 1. The highest BCUT2D eigenvalue weighted by Gasteiger charge is 2.15. The molecule has 0 saturated carbocycles. The van der Waals surface area contributed by atoms with Crippen molar-refractivity contribution < 1.29 is 9.53 Å². The maximum Gasteiger partial charge on any atom is 0.221 e. The maximum atomic E-state index is 11.9. The Labute approximate surface area is 134 Å². The lowest BCUT2D eigenvalue weighted by Gasteiger charge is -2.11. The molecule has 3 rings (SSSR count). The molecule has 1 atom stereocenters. The third-order valence-electron chi connectivity index (χ3n) is 4.13. The molecule has 0 aliphatic carbocycles. The topological polar surface area (TPSA) is 73.2 Å². The number of benzene rings is 1. The Morgan fingerprint density at radius 3 is 3.09 bits per heavy atom. The summed E-state index contributed by atoms with van der Waals surface area (Å²) in [5, 5.41) is 7.67. The number of nitrogens with zero attached hydrogens (tertiary/aromatic N) is 2. The molecule has 1 unspecified atom stereocenters. The fraction of sp³-hybridized carbons (Fsp3) is 0.471. The number of fused-ring (bicyclic) bond motifs is 1. The zero-order chi connectivity index (χ0) is 16.1. The molecule has 1 aliphatic rings. The van der Waals surface area contributed by atoms with Gasteiger partial charge in [0.2, 0.25) is 11.3 Å². The highest BCUT2D eigenvalue weighted by molar-refractivity contribution is 5.78. The summed E-state index contributed by atoms with van der Waals surface area (Å²) in [6.45, 7) is 1.93. The van der Waals surface area contributed by atoms with E-state index in [4.69, 9.17) is 4.74 Å². The van der Waals surface area contributed by atoms with Gasteiger partial charge in [0.25, 0.3) is 0 Å². The van der Waals surface area contributed by atoms with Crippen LogP contribution in [-0.4, -0.2) is 34.9 Å². The minimum absolute atomic E-state index is 0.00687. The largest absolute Gasteiger partial charge is 0.378 e. The number of ether oxygens (including phenoxy) is 1. The number of carbonyl (C=O) groups is 1. The van der Waals surface area contributed by atoms with E-state index in [0.29, 0.717) is 31.0 Å². The summed E-state index contributed by atoms with van der Waals surface area (Å²) in [6, 6.07) is 7.31. The monoisotopic (exact) mass is 315 g/mol. The first-order valence-corrected chi connectivity index (χ1v) is 8.07. The van der Waals surface area contributed by atoms with Gasteiger partial charge in [-0.05, 0) is 31.4 Å². The summed E-state index contributed by atoms with van der Waals surface area (Å²) in [7, 11) is 0. The number of hydrogen-bond donors (Lipinski definition) is 1. The van der Waals surface area contributed by atoms with Crippen LogP contribution in [0.25, 0.3) is 10.9 Å². The van der Waals surface area contributed by atoms with E-state index in [0.717, 1.165) is 31.4 Å². The Morgan fingerprint density at radius 2 is 2.26 bits per heavy atom. The molecule has 0 bridgehead atoms. The molecule has 2 aromatic rings. The standard InChI is InChI=1S/C17H21N3O3/c21-16-12-19-20(15-6-2-1-5-14(15)16)10-8-17(22)18-9-7-13-4-3-11-23-13/h1-2,5-6,12-13H,3-4,7-11H2,(H,18,22). The number of aromatic nitrogens is 2. The van der Waals surface area contributed by atoms with Gasteiger partial charge in [-0.25, -0.2) is 0 Å². The SMILES string of the molecule is O=C(CCn1ncc(=O)c2ccccc21)NCCC1CCCO1. The van der Waals surface area contributed by atoms with Gasteiger partial charge in [0.1, 0.15) is 0 Å². The van der Waals surface area contributed by atoms with Crippen molar-refractivity contribution in [2.24, 2.45) is 0 Å². The molecule has 6 nitrogen and oxygen atoms in total. The number of hydrogen-bond acceptors (Lipinski definition) is 4. The van der Waals surface area contributed by atoms with Gasteiger partial charge in [-0.3, -0.25) is 14.3 Å². The fourth-order valence-corrected chi connectivity index (χ4v) is 2.88. The molecule has 1 aromatic carbocycles. The minimum atomic E-state index is -0.0992. The Kier molecular flexibility index (Phi) is 5.02. The van der Waals surface area contributed by atoms with Crippen LogP contribution in [0.1, 0.15) is 25.7 Å². The molecule has 2 heterocycles. The van der Waals surface area contributed by atoms with Gasteiger partial charge < -0.3 is 10.1 Å². The average Bonchev–Trinajstić information content (AvgIpc) is 3.08. The lowest BCUT2D eigenvalue weighted by molar-refractivity contribution is -0.121. The second kappa shape index (κ2) is 7.37. The number of amides is 1. The molecule has 1 fully saturated rings. The Hall–Kier alpha value is -2.21. The highest BCUT2D eigenvalue weighted by Crippen LogP contribution is 2.14. The van der Waals surface area contributed by atoms with Crippen molar-refractivity contribution >= 4 is 16.8 Å². The quantitative estimate of drug-likeness (QED) is 0.876. The van der Waals surface area contributed by atoms with Crippen molar-refractivity contribution in [3.05, 3.63) is 40.7 Å². The maximum absolute atomic E-state index is 11.9. The lowest BCUT2D eigenvalue weighted by atomic mass is 10.2. The molecular weight excluding hydrogens is 294 g/mol. The van der Waals surface area contributed by atoms with Gasteiger partial charge in [-0.15, -0.1) is 0 Å². The van der Waals surface area contributed by atoms with Gasteiger partial charge in [0, 0.05) is 25.0 Å². The van der Waals surface area contributed by atoms with E-state index < -0.39 is 0 Å². The molecule has 1 N–H and O–H groups in total. The first-order valence-electron chi connectivity index (χ1n) is 8.07. The van der Waals surface area contributed by atoms with Crippen LogP contribution in [-0.2, 0) is 16.1 Å². The second-order valence-electron chi connectivity index (χ2n) is 5.77. The van der Waals surface area contributed by atoms with Crippen LogP contribution in [0.3, 0.4) is 0 Å². The number of rotatable bonds is 6. The van der Waals surface area contributed by atoms with E-state index in [9.17, 15) is 9.59 Å². The molecule has 1 aromatic heterocycles. The summed E-state index contributed by atoms with van der Waals surface area (Å²) in [4.78, 5) is 23.7. The molecular formula is C17H21N3O3. The van der Waals surface area contributed by atoms with Crippen LogP contribution < -0.4 is 10.7 Å². The molecule has 1 saturated heterocycles. The normalized spacial score (nSPS) is 17.5. The van der Waals surface area contributed by atoms with Crippen LogP contribution in [0.5, 0.6) is 0 Å². The lowest BCUT2D eigenvalue weighted by Crippen LogP contribution is -2.28. The van der Waals surface area contributed by atoms with Crippen molar-refractivity contribution in [1.82, 2.24) is 15.1 Å². The van der Waals surface area contributed by atoms with Crippen LogP contribution in [0, 0.1) is 0 Å². The second-order valence-corrected chi connectivity index (χ2v) is 5.77. The molecule has 0 spiro atoms. The zero-order valence-electron chi connectivity index (χ0n) is 13.0. The van der Waals surface area contributed by atoms with Crippen molar-refractivity contribution in [3.63, 3.8) is 0 Å². The minimum Gasteiger partial charge on any atom is -0.378 e. The first kappa shape index (κ1) is 15.7. The van der Waals surface area contributed by atoms with Crippen molar-refractivity contribution in [2.45, 2.75) is 38.3 Å². The van der Waals surface area contributed by atoms with Crippen molar-refractivity contribution in [2.75, 3.05) is 13.2 Å². The summed E-state index contributed by atoms with van der Waals surface area (Å²) in [5.41, 5.74) is 0.657.